The number of aromatic nitrogens is 2. The first-order valence-electron chi connectivity index (χ1n) is 8.00. The number of nitrogens with one attached hydrogen (secondary N) is 1. The molecule has 31 heavy (non-hydrogen) atoms. The number of rotatable bonds is 8. The van der Waals surface area contributed by atoms with E-state index in [1.165, 1.54) is 6.92 Å². The Kier molecular flexibility index (Phi) is 7.39. The molecule has 4 N–H and O–H groups in total. The molecule has 0 saturated carbocycles. The summed E-state index contributed by atoms with van der Waals surface area (Å²) in [5.74, 6) is 0. The van der Waals surface area contributed by atoms with E-state index >= 15 is 0 Å². The van der Waals surface area contributed by atoms with E-state index in [2.05, 4.69) is 8.83 Å². The van der Waals surface area contributed by atoms with E-state index in [1.54, 1.807) is 0 Å². The van der Waals surface area contributed by atoms with Gasteiger partial charge in [-0.25, -0.2) is 9.18 Å². The predicted octanol–water partition coefficient (Wildman–Crippen LogP) is 0.694. The van der Waals surface area contributed by atoms with Gasteiger partial charge in [0.1, 0.15) is 18.5 Å². The summed E-state index contributed by atoms with van der Waals surface area (Å²) in [5, 5.41) is -5.65. The first-order valence-corrected chi connectivity index (χ1v) is 12.8. The van der Waals surface area contributed by atoms with Crippen molar-refractivity contribution in [3.8, 4) is 0 Å². The average Bonchev–Trinajstić information content (AvgIpc) is 2.95. The van der Waals surface area contributed by atoms with Crippen LogP contribution in [-0.4, -0.2) is 56.1 Å². The molecule has 1 aliphatic heterocycles. The molecule has 5 atom stereocenters. The van der Waals surface area contributed by atoms with Crippen LogP contribution in [0, 0.1) is 6.92 Å². The summed E-state index contributed by atoms with van der Waals surface area (Å²) in [7, 11) is -13.6. The van der Waals surface area contributed by atoms with Crippen molar-refractivity contribution >= 4 is 30.2 Å². The highest BCUT2D eigenvalue weighted by molar-refractivity contribution is 7.86. The minimum atomic E-state index is -6.62. The third-order valence-corrected chi connectivity index (χ3v) is 9.18. The quantitative estimate of drug-likeness (QED) is 0.283. The van der Waals surface area contributed by atoms with Crippen molar-refractivity contribution in [3.63, 3.8) is 0 Å². The van der Waals surface area contributed by atoms with E-state index < -0.39 is 70.9 Å². The number of nitrogens with zero attached hydrogens (tertiary/aromatic N) is 1. The number of ether oxygens (including phenoxy) is 1. The van der Waals surface area contributed by atoms with Gasteiger partial charge in [0.05, 0.1) is 14.1 Å². The fourth-order valence-corrected chi connectivity index (χ4v) is 6.19. The number of hydrogen-bond acceptors (Lipinski definition) is 8. The van der Waals surface area contributed by atoms with Crippen molar-refractivity contribution in [2.75, 3.05) is 6.61 Å². The van der Waals surface area contributed by atoms with Gasteiger partial charge in [-0.15, -0.1) is 0 Å². The normalized spacial score (nSPS) is 26.4. The Labute approximate surface area is 172 Å². The first kappa shape index (κ1) is 26.2. The minimum absolute atomic E-state index is 0.0999. The van der Waals surface area contributed by atoms with Crippen molar-refractivity contribution in [2.45, 2.75) is 37.3 Å². The van der Waals surface area contributed by atoms with Gasteiger partial charge in [-0.2, -0.15) is 8.78 Å². The first-order chi connectivity index (χ1) is 13.9. The molecule has 0 spiro atoms. The van der Waals surface area contributed by atoms with Crippen molar-refractivity contribution in [1.29, 1.82) is 0 Å². The van der Waals surface area contributed by atoms with Crippen LogP contribution in [0.15, 0.2) is 15.8 Å². The SMILES string of the molecule is [B-]P(=O)(OCC1OC(n2cc(C)c(=O)[nH]c2=O)CC1F)OP(=O)(O)C(F)(F)P(=O)(O)O. The molecule has 175 valence electrons. The third kappa shape index (κ3) is 5.68. The van der Waals surface area contributed by atoms with Gasteiger partial charge in [-0.05, 0) is 6.92 Å². The molecule has 1 aliphatic rings. The number of halogens is 3. The Balaban J connectivity index is 2.09. The predicted molar refractivity (Wildman–Crippen MR) is 96.7 cm³/mol. The van der Waals surface area contributed by atoms with Crippen LogP contribution >= 0.6 is 22.7 Å². The molecule has 1 aromatic rings. The number of aromatic amines is 1. The topological polar surface area (TPSA) is 194 Å². The van der Waals surface area contributed by atoms with Crippen molar-refractivity contribution in [3.05, 3.63) is 32.6 Å². The molecule has 13 nitrogen and oxygen atoms in total. The lowest BCUT2D eigenvalue weighted by Gasteiger charge is -2.32. The van der Waals surface area contributed by atoms with Gasteiger partial charge in [0.25, 0.3) is 5.56 Å². The number of alkyl halides is 3. The zero-order valence-corrected chi connectivity index (χ0v) is 18.0. The Morgan fingerprint density at radius 2 is 1.90 bits per heavy atom. The van der Waals surface area contributed by atoms with Crippen molar-refractivity contribution < 1.29 is 55.1 Å². The molecule has 1 aromatic heterocycles. The molecule has 0 aliphatic carbocycles. The molecule has 1 fully saturated rings. The smallest absolute Gasteiger partial charge is 0.443 e. The largest absolute Gasteiger partial charge is 0.444 e. The van der Waals surface area contributed by atoms with E-state index in [9.17, 15) is 36.5 Å². The van der Waals surface area contributed by atoms with E-state index in [0.29, 0.717) is 0 Å². The zero-order valence-electron chi connectivity index (χ0n) is 15.3. The summed E-state index contributed by atoms with van der Waals surface area (Å²) in [6.07, 6.45) is -4.12. The number of H-pyrrole nitrogens is 1. The fraction of sp³-hybridized carbons (Fsp3) is 0.636. The summed E-state index contributed by atoms with van der Waals surface area (Å²) in [4.78, 5) is 51.2. The van der Waals surface area contributed by atoms with Crippen molar-refractivity contribution in [1.82, 2.24) is 9.55 Å². The van der Waals surface area contributed by atoms with Crippen LogP contribution in [0.25, 0.3) is 0 Å². The Bertz CT molecular complexity index is 1100. The second kappa shape index (κ2) is 8.73. The van der Waals surface area contributed by atoms with Crippen LogP contribution in [-0.2, 0) is 27.3 Å². The van der Waals surface area contributed by atoms with E-state index in [-0.39, 0.29) is 5.56 Å². The average molecular weight is 512 g/mol. The highest BCUT2D eigenvalue weighted by Gasteiger charge is 2.65. The van der Waals surface area contributed by atoms with Crippen LogP contribution in [0.2, 0.25) is 0 Å². The lowest BCUT2D eigenvalue weighted by atomic mass is 10.2. The summed E-state index contributed by atoms with van der Waals surface area (Å²) in [6.45, 7) is 0.282. The van der Waals surface area contributed by atoms with E-state index in [0.717, 1.165) is 10.8 Å². The van der Waals surface area contributed by atoms with E-state index in [4.69, 9.17) is 27.0 Å². The molecule has 0 bridgehead atoms. The van der Waals surface area contributed by atoms with Gasteiger partial charge < -0.3 is 36.1 Å². The standard InChI is InChI=1S/C11H15BF3N2O11P3/c1-5-3-17(10(19)16-9(5)18)8-2-6(13)7(27-8)4-26-31(12,25)28-30(23,24)11(14,15)29(20,21)22/h3,6-8H,2,4H2,1H3,(H,23,24)(H,16,18,19)(H2,20,21,22)/q-1. The maximum absolute atomic E-state index is 14.2. The molecule has 5 unspecified atom stereocenters. The van der Waals surface area contributed by atoms with Crippen LogP contribution in [0.1, 0.15) is 18.2 Å². The molecule has 0 aromatic carbocycles. The monoisotopic (exact) mass is 512 g/mol. The summed E-state index contributed by atoms with van der Waals surface area (Å²) < 4.78 is 89.1. The highest BCUT2D eigenvalue weighted by Crippen LogP contribution is 2.77. The maximum atomic E-state index is 14.2. The molecule has 1 saturated heterocycles. The molecular weight excluding hydrogens is 497 g/mol. The number of aryl methyl sites for hydroxylation is 1. The molecular formula is C11H15BF3N2O11P3-. The Morgan fingerprint density at radius 3 is 2.45 bits per heavy atom. The van der Waals surface area contributed by atoms with Crippen LogP contribution < -0.4 is 11.2 Å². The minimum Gasteiger partial charge on any atom is -0.443 e. The summed E-state index contributed by atoms with van der Waals surface area (Å²) in [5.41, 5.74) is -1.51. The Morgan fingerprint density at radius 1 is 1.32 bits per heavy atom. The van der Waals surface area contributed by atoms with Gasteiger partial charge >= 0.3 is 26.3 Å². The summed E-state index contributed by atoms with van der Waals surface area (Å²) >= 11 is 0. The summed E-state index contributed by atoms with van der Waals surface area (Å²) in [6, 6.07) is 0. The van der Waals surface area contributed by atoms with Gasteiger partial charge in [0, 0.05) is 18.2 Å². The molecule has 2 heterocycles. The molecule has 3 radical (unpaired) electrons. The van der Waals surface area contributed by atoms with Gasteiger partial charge in [0.2, 0.25) is 0 Å². The van der Waals surface area contributed by atoms with Gasteiger partial charge in [0.15, 0.2) is 0 Å². The lowest BCUT2D eigenvalue weighted by molar-refractivity contribution is -0.0315. The molecule has 2 rings (SSSR count). The fourth-order valence-electron chi connectivity index (χ4n) is 2.38. The second-order valence-corrected chi connectivity index (χ2v) is 11.9. The molecule has 20 heteroatoms. The van der Waals surface area contributed by atoms with Crippen molar-refractivity contribution in [2.24, 2.45) is 0 Å². The zero-order chi connectivity index (χ0) is 24.0. The van der Waals surface area contributed by atoms with E-state index in [1.807, 2.05) is 4.98 Å². The molecule has 0 amide bonds. The van der Waals surface area contributed by atoms with Gasteiger partial charge in [-0.3, -0.25) is 27.8 Å². The van der Waals surface area contributed by atoms with Gasteiger partial charge in [-0.1, -0.05) is 0 Å². The third-order valence-electron chi connectivity index (χ3n) is 3.95. The number of hydrogen-bond donors (Lipinski definition) is 4. The second-order valence-electron chi connectivity index (χ2n) is 6.35. The van der Waals surface area contributed by atoms with Crippen LogP contribution in [0.3, 0.4) is 0 Å². The Hall–Kier alpha value is -1.02. The van der Waals surface area contributed by atoms with Crippen LogP contribution in [0.4, 0.5) is 13.2 Å². The lowest BCUT2D eigenvalue weighted by Crippen LogP contribution is -2.33. The highest BCUT2D eigenvalue weighted by atomic mass is 31.3. The van der Waals surface area contributed by atoms with Crippen LogP contribution in [0.5, 0.6) is 0 Å². The maximum Gasteiger partial charge on any atom is 0.444 e.